The minimum atomic E-state index is 0.0330. The first-order valence-electron chi connectivity index (χ1n) is 5.76. The molecule has 1 aromatic heterocycles. The molecule has 1 amide bonds. The van der Waals surface area contributed by atoms with Gasteiger partial charge in [0.2, 0.25) is 0 Å². The maximum atomic E-state index is 12.1. The average Bonchev–Trinajstić information content (AvgIpc) is 2.56. The summed E-state index contributed by atoms with van der Waals surface area (Å²) in [6, 6.07) is 0. The van der Waals surface area contributed by atoms with Gasteiger partial charge in [-0.3, -0.25) is 4.79 Å². The van der Waals surface area contributed by atoms with Gasteiger partial charge in [0.1, 0.15) is 5.69 Å². The van der Waals surface area contributed by atoms with Crippen LogP contribution in [0.3, 0.4) is 0 Å². The van der Waals surface area contributed by atoms with Crippen molar-refractivity contribution in [1.29, 1.82) is 0 Å². The zero-order valence-corrected chi connectivity index (χ0v) is 12.1. The summed E-state index contributed by atoms with van der Waals surface area (Å²) in [7, 11) is 5.91. The molecule has 1 aromatic rings. The molecule has 0 bridgehead atoms. The van der Waals surface area contributed by atoms with E-state index in [2.05, 4.69) is 9.88 Å². The Hall–Kier alpha value is -0.940. The molecule has 0 aliphatic rings. The van der Waals surface area contributed by atoms with Crippen LogP contribution in [0.2, 0.25) is 0 Å². The molecule has 0 spiro atoms. The van der Waals surface area contributed by atoms with Crippen LogP contribution in [0.1, 0.15) is 26.8 Å². The lowest BCUT2D eigenvalue weighted by Crippen LogP contribution is -2.30. The van der Waals surface area contributed by atoms with Crippen LogP contribution in [0.4, 0.5) is 0 Å². The van der Waals surface area contributed by atoms with Gasteiger partial charge in [0.25, 0.3) is 5.91 Å². The molecule has 1 heterocycles. The van der Waals surface area contributed by atoms with Crippen LogP contribution in [-0.4, -0.2) is 54.9 Å². The maximum absolute atomic E-state index is 12.1. The minimum absolute atomic E-state index is 0.0330. The maximum Gasteiger partial charge on any atom is 0.273 e. The molecule has 0 saturated carbocycles. The number of hydrogen-bond acceptors (Lipinski definition) is 4. The van der Waals surface area contributed by atoms with Crippen LogP contribution >= 0.6 is 11.3 Å². The predicted octanol–water partition coefficient (Wildman–Crippen LogP) is 1.78. The fourth-order valence-electron chi connectivity index (χ4n) is 1.63. The second kappa shape index (κ2) is 6.12. The molecule has 0 unspecified atom stereocenters. The van der Waals surface area contributed by atoms with Gasteiger partial charge in [0.05, 0.1) is 5.01 Å². The van der Waals surface area contributed by atoms with E-state index < -0.39 is 0 Å². The van der Waals surface area contributed by atoms with Gasteiger partial charge in [0, 0.05) is 18.5 Å². The lowest BCUT2D eigenvalue weighted by Gasteiger charge is -2.17. The number of carbonyl (C=O) groups excluding carboxylic acids is 1. The van der Waals surface area contributed by atoms with E-state index in [1.807, 2.05) is 35.0 Å². The molecule has 0 atom stereocenters. The van der Waals surface area contributed by atoms with Gasteiger partial charge >= 0.3 is 0 Å². The van der Waals surface area contributed by atoms with E-state index in [4.69, 9.17) is 0 Å². The summed E-state index contributed by atoms with van der Waals surface area (Å²) in [5.41, 5.74) is 0.611. The molecule has 0 fully saturated rings. The number of thiazole rings is 1. The van der Waals surface area contributed by atoms with Crippen molar-refractivity contribution in [3.05, 3.63) is 15.6 Å². The van der Waals surface area contributed by atoms with Gasteiger partial charge in [-0.15, -0.1) is 11.3 Å². The molecule has 0 N–H and O–H groups in total. The second-order valence-electron chi connectivity index (χ2n) is 4.52. The van der Waals surface area contributed by atoms with Crippen molar-refractivity contribution in [2.45, 2.75) is 20.3 Å². The highest BCUT2D eigenvalue weighted by Crippen LogP contribution is 2.17. The van der Waals surface area contributed by atoms with Crippen molar-refractivity contribution in [2.75, 3.05) is 34.2 Å². The number of aryl methyl sites for hydroxylation is 2. The third-order valence-electron chi connectivity index (χ3n) is 2.55. The van der Waals surface area contributed by atoms with E-state index in [-0.39, 0.29) is 5.91 Å². The van der Waals surface area contributed by atoms with Crippen LogP contribution in [0.5, 0.6) is 0 Å². The van der Waals surface area contributed by atoms with Crippen molar-refractivity contribution in [1.82, 2.24) is 14.8 Å². The number of carbonyl (C=O) groups is 1. The average molecular weight is 255 g/mol. The predicted molar refractivity (Wildman–Crippen MR) is 71.7 cm³/mol. The third kappa shape index (κ3) is 4.09. The Morgan fingerprint density at radius 1 is 1.24 bits per heavy atom. The van der Waals surface area contributed by atoms with Gasteiger partial charge in [-0.05, 0) is 40.9 Å². The summed E-state index contributed by atoms with van der Waals surface area (Å²) in [5.74, 6) is 0.0330. The molecule has 0 aliphatic heterocycles. The molecular formula is C12H21N3OS. The largest absolute Gasteiger partial charge is 0.340 e. The Kier molecular flexibility index (Phi) is 5.08. The van der Waals surface area contributed by atoms with E-state index in [1.54, 1.807) is 16.2 Å². The lowest BCUT2D eigenvalue weighted by atomic mass is 10.3. The molecular weight excluding hydrogens is 234 g/mol. The smallest absolute Gasteiger partial charge is 0.273 e. The first kappa shape index (κ1) is 14.1. The van der Waals surface area contributed by atoms with Crippen molar-refractivity contribution >= 4 is 17.2 Å². The normalized spacial score (nSPS) is 10.9. The van der Waals surface area contributed by atoms with Crippen molar-refractivity contribution in [3.63, 3.8) is 0 Å². The Morgan fingerprint density at radius 2 is 1.88 bits per heavy atom. The first-order chi connectivity index (χ1) is 7.91. The molecule has 0 aliphatic carbocycles. The summed E-state index contributed by atoms with van der Waals surface area (Å²) in [5, 5.41) is 0.951. The highest BCUT2D eigenvalue weighted by atomic mass is 32.1. The van der Waals surface area contributed by atoms with Crippen LogP contribution in [-0.2, 0) is 0 Å². The summed E-state index contributed by atoms with van der Waals surface area (Å²) < 4.78 is 0. The Labute approximate surface area is 107 Å². The standard InChI is InChI=1S/C12H21N3OS/c1-9-11(13-10(2)17-9)12(16)15(5)8-6-7-14(3)4/h6-8H2,1-5H3. The van der Waals surface area contributed by atoms with E-state index in [1.165, 1.54) is 0 Å². The van der Waals surface area contributed by atoms with E-state index in [9.17, 15) is 4.79 Å². The molecule has 5 heteroatoms. The van der Waals surface area contributed by atoms with Crippen molar-refractivity contribution in [2.24, 2.45) is 0 Å². The highest BCUT2D eigenvalue weighted by molar-refractivity contribution is 7.11. The third-order valence-corrected chi connectivity index (χ3v) is 3.44. The zero-order chi connectivity index (χ0) is 13.0. The Bertz CT molecular complexity index is 387. The molecule has 17 heavy (non-hydrogen) atoms. The first-order valence-corrected chi connectivity index (χ1v) is 6.57. The van der Waals surface area contributed by atoms with Gasteiger partial charge in [-0.25, -0.2) is 4.98 Å². The van der Waals surface area contributed by atoms with Gasteiger partial charge in [0.15, 0.2) is 0 Å². The van der Waals surface area contributed by atoms with Crippen molar-refractivity contribution in [3.8, 4) is 0 Å². The quantitative estimate of drug-likeness (QED) is 0.805. The summed E-state index contributed by atoms with van der Waals surface area (Å²) in [6.45, 7) is 5.64. The summed E-state index contributed by atoms with van der Waals surface area (Å²) in [4.78, 5) is 21.3. The zero-order valence-electron chi connectivity index (χ0n) is 11.3. The number of hydrogen-bond donors (Lipinski definition) is 0. The van der Waals surface area contributed by atoms with Crippen molar-refractivity contribution < 1.29 is 4.79 Å². The molecule has 0 saturated heterocycles. The fraction of sp³-hybridized carbons (Fsp3) is 0.667. The Morgan fingerprint density at radius 3 is 2.35 bits per heavy atom. The number of aromatic nitrogens is 1. The molecule has 0 radical (unpaired) electrons. The molecule has 1 rings (SSSR count). The van der Waals surface area contributed by atoms with Crippen LogP contribution in [0.25, 0.3) is 0 Å². The molecule has 4 nitrogen and oxygen atoms in total. The SMILES string of the molecule is Cc1nc(C(=O)N(C)CCCN(C)C)c(C)s1. The molecule has 96 valence electrons. The van der Waals surface area contributed by atoms with Crippen LogP contribution in [0, 0.1) is 13.8 Å². The molecule has 0 aromatic carbocycles. The van der Waals surface area contributed by atoms with Gasteiger partial charge in [-0.1, -0.05) is 0 Å². The van der Waals surface area contributed by atoms with Crippen LogP contribution in [0.15, 0.2) is 0 Å². The minimum Gasteiger partial charge on any atom is -0.340 e. The van der Waals surface area contributed by atoms with Gasteiger partial charge < -0.3 is 9.80 Å². The summed E-state index contributed by atoms with van der Waals surface area (Å²) >= 11 is 1.58. The van der Waals surface area contributed by atoms with E-state index in [0.29, 0.717) is 5.69 Å². The van der Waals surface area contributed by atoms with E-state index >= 15 is 0 Å². The van der Waals surface area contributed by atoms with E-state index in [0.717, 1.165) is 29.4 Å². The lowest BCUT2D eigenvalue weighted by molar-refractivity contribution is 0.0785. The highest BCUT2D eigenvalue weighted by Gasteiger charge is 2.17. The topological polar surface area (TPSA) is 36.4 Å². The fourth-order valence-corrected chi connectivity index (χ4v) is 2.44. The second-order valence-corrected chi connectivity index (χ2v) is 5.93. The van der Waals surface area contributed by atoms with Gasteiger partial charge in [-0.2, -0.15) is 0 Å². The monoisotopic (exact) mass is 255 g/mol. The number of nitrogens with zero attached hydrogens (tertiary/aromatic N) is 3. The number of rotatable bonds is 5. The van der Waals surface area contributed by atoms with Crippen LogP contribution < -0.4 is 0 Å². The Balaban J connectivity index is 2.55. The summed E-state index contributed by atoms with van der Waals surface area (Å²) in [6.07, 6.45) is 0.984. The number of amides is 1.